The molecule has 0 aliphatic rings. The van der Waals surface area contributed by atoms with Gasteiger partial charge in [-0.25, -0.2) is 9.59 Å². The van der Waals surface area contributed by atoms with Gasteiger partial charge in [0.1, 0.15) is 6.61 Å². The van der Waals surface area contributed by atoms with Crippen LogP contribution in [-0.2, 0) is 20.9 Å². The number of carbonyl (C=O) groups excluding carboxylic acids is 2. The standard InChI is InChI=1S/C15H8F12O5/c1-30-7-3-2-6(5-31-9(28)12(18,19)14(22,23)24)4-8(7)32-10(29)11(16,17)13(20,21)15(25,26)27/h2-4H,5H2,1H3. The third kappa shape index (κ3) is 5.12. The van der Waals surface area contributed by atoms with Crippen molar-refractivity contribution in [2.24, 2.45) is 0 Å². The zero-order valence-electron chi connectivity index (χ0n) is 15.0. The Balaban J connectivity index is 3.13. The molecule has 182 valence electrons. The van der Waals surface area contributed by atoms with Crippen LogP contribution in [0, 0.1) is 0 Å². The SMILES string of the molecule is COc1ccc(COC(=O)C(F)(F)C(F)(F)F)cc1OC(=O)C(F)(F)C(F)(F)C(F)(F)F. The molecule has 1 rings (SSSR count). The molecular weight excluding hydrogens is 488 g/mol. The topological polar surface area (TPSA) is 61.8 Å². The van der Waals surface area contributed by atoms with Gasteiger partial charge in [0.25, 0.3) is 0 Å². The van der Waals surface area contributed by atoms with Crippen molar-refractivity contribution >= 4 is 11.9 Å². The van der Waals surface area contributed by atoms with Gasteiger partial charge in [0.2, 0.25) is 0 Å². The molecule has 0 heterocycles. The van der Waals surface area contributed by atoms with E-state index < -0.39 is 65.7 Å². The highest BCUT2D eigenvalue weighted by Crippen LogP contribution is 2.47. The molecule has 0 unspecified atom stereocenters. The largest absolute Gasteiger partial charge is 0.493 e. The summed E-state index contributed by atoms with van der Waals surface area (Å²) in [6.07, 6.45) is -13.2. The number of methoxy groups -OCH3 is 1. The Kier molecular flexibility index (Phi) is 7.27. The van der Waals surface area contributed by atoms with E-state index in [4.69, 9.17) is 0 Å². The molecule has 1 aromatic carbocycles. The number of benzene rings is 1. The van der Waals surface area contributed by atoms with Gasteiger partial charge in [-0.05, 0) is 17.7 Å². The minimum absolute atomic E-state index is 0.317. The summed E-state index contributed by atoms with van der Waals surface area (Å²) in [6.45, 7) is -1.41. The van der Waals surface area contributed by atoms with Crippen LogP contribution in [0.25, 0.3) is 0 Å². The van der Waals surface area contributed by atoms with Crippen LogP contribution in [0.15, 0.2) is 18.2 Å². The van der Waals surface area contributed by atoms with Gasteiger partial charge in [-0.15, -0.1) is 0 Å². The van der Waals surface area contributed by atoms with E-state index in [0.717, 1.165) is 13.2 Å². The number of alkyl halides is 12. The molecule has 0 atom stereocenters. The van der Waals surface area contributed by atoms with Crippen molar-refractivity contribution in [3.63, 3.8) is 0 Å². The van der Waals surface area contributed by atoms with Crippen LogP contribution >= 0.6 is 0 Å². The minimum Gasteiger partial charge on any atom is -0.493 e. The summed E-state index contributed by atoms with van der Waals surface area (Å²) in [7, 11) is 0.790. The van der Waals surface area contributed by atoms with Crippen LogP contribution in [0.4, 0.5) is 52.7 Å². The molecule has 0 fully saturated rings. The van der Waals surface area contributed by atoms with E-state index >= 15 is 0 Å². The summed E-state index contributed by atoms with van der Waals surface area (Å²) in [5.74, 6) is -27.7. The maximum absolute atomic E-state index is 13.4. The Morgan fingerprint density at radius 1 is 0.750 bits per heavy atom. The Bertz CT molecular complexity index is 859. The summed E-state index contributed by atoms with van der Waals surface area (Å²) < 4.78 is 163. The first-order chi connectivity index (χ1) is 14.2. The van der Waals surface area contributed by atoms with Crippen molar-refractivity contribution < 1.29 is 76.5 Å². The van der Waals surface area contributed by atoms with E-state index in [9.17, 15) is 62.3 Å². The van der Waals surface area contributed by atoms with Crippen molar-refractivity contribution in [3.05, 3.63) is 23.8 Å². The van der Waals surface area contributed by atoms with E-state index in [1.165, 1.54) is 0 Å². The molecule has 1 aromatic rings. The molecule has 0 aromatic heterocycles. The van der Waals surface area contributed by atoms with Crippen LogP contribution in [-0.4, -0.2) is 49.2 Å². The van der Waals surface area contributed by atoms with Crippen LogP contribution in [0.5, 0.6) is 11.5 Å². The number of esters is 2. The number of carbonyl (C=O) groups is 2. The van der Waals surface area contributed by atoms with Crippen molar-refractivity contribution in [1.82, 2.24) is 0 Å². The quantitative estimate of drug-likeness (QED) is 0.312. The molecule has 0 saturated heterocycles. The van der Waals surface area contributed by atoms with Crippen LogP contribution in [0.1, 0.15) is 5.56 Å². The molecule has 0 aliphatic carbocycles. The molecule has 0 aliphatic heterocycles. The van der Waals surface area contributed by atoms with Gasteiger partial charge in [-0.1, -0.05) is 6.07 Å². The van der Waals surface area contributed by atoms with Crippen molar-refractivity contribution in [1.29, 1.82) is 0 Å². The molecular formula is C15H8F12O5. The second-order valence-corrected chi connectivity index (χ2v) is 5.67. The fourth-order valence-electron chi connectivity index (χ4n) is 1.72. The minimum atomic E-state index is -6.86. The van der Waals surface area contributed by atoms with Crippen molar-refractivity contribution in [3.8, 4) is 11.5 Å². The molecule has 0 saturated carbocycles. The monoisotopic (exact) mass is 496 g/mol. The van der Waals surface area contributed by atoms with Gasteiger partial charge in [0.05, 0.1) is 7.11 Å². The lowest BCUT2D eigenvalue weighted by Gasteiger charge is -2.26. The number of halogens is 12. The summed E-state index contributed by atoms with van der Waals surface area (Å²) >= 11 is 0. The first kappa shape index (κ1) is 27.2. The van der Waals surface area contributed by atoms with Gasteiger partial charge < -0.3 is 14.2 Å². The molecule has 0 radical (unpaired) electrons. The fraction of sp³-hybridized carbons (Fsp3) is 0.467. The van der Waals surface area contributed by atoms with E-state index in [1.54, 1.807) is 0 Å². The molecule has 17 heteroatoms. The van der Waals surface area contributed by atoms with E-state index in [1.807, 2.05) is 0 Å². The third-order valence-corrected chi connectivity index (χ3v) is 3.42. The van der Waals surface area contributed by atoms with Gasteiger partial charge in [0, 0.05) is 0 Å². The summed E-state index contributed by atoms with van der Waals surface area (Å²) in [5.41, 5.74) is -0.633. The zero-order valence-corrected chi connectivity index (χ0v) is 15.0. The van der Waals surface area contributed by atoms with Crippen LogP contribution in [0.3, 0.4) is 0 Å². The first-order valence-electron chi connectivity index (χ1n) is 7.53. The lowest BCUT2D eigenvalue weighted by Crippen LogP contribution is -2.57. The number of hydrogen-bond donors (Lipinski definition) is 0. The highest BCUT2D eigenvalue weighted by molar-refractivity contribution is 5.82. The predicted molar refractivity (Wildman–Crippen MR) is 75.4 cm³/mol. The average molecular weight is 496 g/mol. The predicted octanol–water partition coefficient (Wildman–Crippen LogP) is 4.67. The molecule has 0 amide bonds. The lowest BCUT2D eigenvalue weighted by atomic mass is 10.1. The average Bonchev–Trinajstić information content (AvgIpc) is 2.64. The fourth-order valence-corrected chi connectivity index (χ4v) is 1.72. The number of rotatable bonds is 7. The second kappa shape index (κ2) is 8.57. The smallest absolute Gasteiger partial charge is 0.465 e. The van der Waals surface area contributed by atoms with Gasteiger partial charge >= 0.3 is 42.1 Å². The summed E-state index contributed by atoms with van der Waals surface area (Å²) in [6, 6.07) is 1.74. The van der Waals surface area contributed by atoms with Gasteiger partial charge in [0.15, 0.2) is 11.5 Å². The Morgan fingerprint density at radius 2 is 1.28 bits per heavy atom. The van der Waals surface area contributed by atoms with Crippen molar-refractivity contribution in [2.75, 3.05) is 7.11 Å². The number of hydrogen-bond acceptors (Lipinski definition) is 5. The van der Waals surface area contributed by atoms with Crippen molar-refractivity contribution in [2.45, 2.75) is 36.7 Å². The van der Waals surface area contributed by atoms with Gasteiger partial charge in [-0.3, -0.25) is 0 Å². The second-order valence-electron chi connectivity index (χ2n) is 5.67. The first-order valence-corrected chi connectivity index (χ1v) is 7.53. The Labute approximate surface area is 168 Å². The Morgan fingerprint density at radius 3 is 1.72 bits per heavy atom. The molecule has 5 nitrogen and oxygen atoms in total. The molecule has 32 heavy (non-hydrogen) atoms. The van der Waals surface area contributed by atoms with Crippen LogP contribution < -0.4 is 9.47 Å². The van der Waals surface area contributed by atoms with E-state index in [2.05, 4.69) is 14.2 Å². The van der Waals surface area contributed by atoms with Gasteiger partial charge in [-0.2, -0.15) is 52.7 Å². The highest BCUT2D eigenvalue weighted by Gasteiger charge is 2.77. The zero-order chi connectivity index (χ0) is 25.3. The van der Waals surface area contributed by atoms with Crippen LogP contribution in [0.2, 0.25) is 0 Å². The molecule has 0 N–H and O–H groups in total. The summed E-state index contributed by atoms with van der Waals surface area (Å²) in [4.78, 5) is 22.2. The normalized spacial score (nSPS) is 13.5. The highest BCUT2D eigenvalue weighted by atomic mass is 19.4. The third-order valence-electron chi connectivity index (χ3n) is 3.42. The van der Waals surface area contributed by atoms with E-state index in [-0.39, 0.29) is 0 Å². The summed E-state index contributed by atoms with van der Waals surface area (Å²) in [5, 5.41) is 0. The maximum atomic E-state index is 13.4. The lowest BCUT2D eigenvalue weighted by molar-refractivity contribution is -0.346. The number of ether oxygens (including phenoxy) is 3. The molecule has 0 spiro atoms. The Hall–Kier alpha value is -2.88. The van der Waals surface area contributed by atoms with E-state index in [0.29, 0.717) is 12.1 Å². The maximum Gasteiger partial charge on any atom is 0.465 e. The molecule has 0 bridgehead atoms.